The summed E-state index contributed by atoms with van der Waals surface area (Å²) in [6, 6.07) is 8.63. The third-order valence-electron chi connectivity index (χ3n) is 5.34. The van der Waals surface area contributed by atoms with Crippen molar-refractivity contribution >= 4 is 0 Å². The molecular weight excluding hydrogens is 194 g/mol. The number of rotatable bonds is 0. The number of hydrogen-bond acceptors (Lipinski definition) is 1. The zero-order valence-corrected chi connectivity index (χ0v) is 8.80. The second-order valence-electron chi connectivity index (χ2n) is 5.70. The van der Waals surface area contributed by atoms with Crippen LogP contribution in [-0.4, -0.2) is 0 Å². The maximum Gasteiger partial charge on any atom is 0.0991 e. The number of allylic oxidation sites excluding steroid dienone is 2. The van der Waals surface area contributed by atoms with Gasteiger partial charge in [0.05, 0.1) is 11.6 Å². The number of fused-ring (bicyclic) bond motifs is 7. The van der Waals surface area contributed by atoms with Crippen molar-refractivity contribution < 1.29 is 0 Å². The van der Waals surface area contributed by atoms with Crippen LogP contribution in [0.2, 0.25) is 0 Å². The van der Waals surface area contributed by atoms with Gasteiger partial charge >= 0.3 is 0 Å². The summed E-state index contributed by atoms with van der Waals surface area (Å²) in [7, 11) is 0. The topological polar surface area (TPSA) is 23.8 Å². The first-order valence-corrected chi connectivity index (χ1v) is 6.12. The van der Waals surface area contributed by atoms with E-state index in [1.807, 2.05) is 6.07 Å². The van der Waals surface area contributed by atoms with Crippen LogP contribution in [0.3, 0.4) is 0 Å². The Morgan fingerprint density at radius 1 is 0.938 bits per heavy atom. The Hall–Kier alpha value is -1.55. The van der Waals surface area contributed by atoms with E-state index in [4.69, 9.17) is 5.26 Å². The van der Waals surface area contributed by atoms with Gasteiger partial charge < -0.3 is 0 Å². The third-order valence-corrected chi connectivity index (χ3v) is 5.34. The van der Waals surface area contributed by atoms with Crippen LogP contribution < -0.4 is 0 Å². The molecule has 0 spiro atoms. The molecule has 4 aliphatic rings. The molecule has 1 heteroatoms. The quantitative estimate of drug-likeness (QED) is 0.597. The summed E-state index contributed by atoms with van der Waals surface area (Å²) >= 11 is 0. The molecule has 0 radical (unpaired) electrons. The lowest BCUT2D eigenvalue weighted by atomic mass is 9.76. The highest BCUT2D eigenvalue weighted by Gasteiger charge is 2.71. The van der Waals surface area contributed by atoms with E-state index >= 15 is 0 Å². The molecule has 5 rings (SSSR count). The van der Waals surface area contributed by atoms with Crippen molar-refractivity contribution in [1.29, 1.82) is 5.26 Å². The molecule has 0 amide bonds. The molecule has 16 heavy (non-hydrogen) atoms. The molecule has 4 aliphatic carbocycles. The second-order valence-corrected chi connectivity index (χ2v) is 5.70. The molecular formula is C15H11N. The SMILES string of the molecule is N#Cc1ccc2c(c1)[C@H]1[C@H]3C=C[C@@H]3[C@@H]3[C@@H]2[C@@H]13. The Kier molecular flexibility index (Phi) is 1.01. The van der Waals surface area contributed by atoms with Crippen molar-refractivity contribution in [3.05, 3.63) is 47.0 Å². The fourth-order valence-corrected chi connectivity index (χ4v) is 4.75. The largest absolute Gasteiger partial charge is 0.192 e. The Balaban J connectivity index is 1.75. The average Bonchev–Trinajstić information content (AvgIpc) is 2.81. The smallest absolute Gasteiger partial charge is 0.0991 e. The van der Waals surface area contributed by atoms with Crippen molar-refractivity contribution in [3.63, 3.8) is 0 Å². The predicted molar refractivity (Wildman–Crippen MR) is 59.7 cm³/mol. The van der Waals surface area contributed by atoms with Gasteiger partial charge in [0.1, 0.15) is 0 Å². The van der Waals surface area contributed by atoms with Crippen molar-refractivity contribution in [2.45, 2.75) is 11.8 Å². The molecule has 2 fully saturated rings. The van der Waals surface area contributed by atoms with Gasteiger partial charge in [-0.15, -0.1) is 0 Å². The lowest BCUT2D eigenvalue weighted by Gasteiger charge is -2.28. The fraction of sp³-hybridized carbons (Fsp3) is 0.400. The normalized spacial score (nSPS) is 47.7. The number of nitrogens with zero attached hydrogens (tertiary/aromatic N) is 1. The van der Waals surface area contributed by atoms with Gasteiger partial charge in [0.2, 0.25) is 0 Å². The molecule has 1 nitrogen and oxygen atoms in total. The zero-order chi connectivity index (χ0) is 10.4. The van der Waals surface area contributed by atoms with Crippen molar-refractivity contribution in [2.75, 3.05) is 0 Å². The molecule has 0 bridgehead atoms. The zero-order valence-electron chi connectivity index (χ0n) is 8.80. The van der Waals surface area contributed by atoms with Gasteiger partial charge in [-0.2, -0.15) is 5.26 Å². The molecule has 2 saturated carbocycles. The lowest BCUT2D eigenvalue weighted by molar-refractivity contribution is 0.398. The summed E-state index contributed by atoms with van der Waals surface area (Å²) in [5, 5.41) is 8.98. The summed E-state index contributed by atoms with van der Waals surface area (Å²) in [6.07, 6.45) is 4.81. The first-order valence-electron chi connectivity index (χ1n) is 6.12. The van der Waals surface area contributed by atoms with Gasteiger partial charge in [0, 0.05) is 0 Å². The minimum absolute atomic E-state index is 0.758. The maximum absolute atomic E-state index is 8.98. The summed E-state index contributed by atoms with van der Waals surface area (Å²) in [5.41, 5.74) is 3.90. The van der Waals surface area contributed by atoms with Crippen LogP contribution >= 0.6 is 0 Å². The molecule has 0 N–H and O–H groups in total. The maximum atomic E-state index is 8.98. The Morgan fingerprint density at radius 2 is 1.81 bits per heavy atom. The van der Waals surface area contributed by atoms with Crippen LogP contribution in [-0.2, 0) is 0 Å². The minimum atomic E-state index is 0.758. The van der Waals surface area contributed by atoms with Gasteiger partial charge in [0.25, 0.3) is 0 Å². The molecule has 1 aromatic rings. The first-order chi connectivity index (χ1) is 7.90. The number of benzene rings is 1. The molecule has 0 heterocycles. The van der Waals surface area contributed by atoms with Crippen molar-refractivity contribution in [3.8, 4) is 6.07 Å². The molecule has 0 aliphatic heterocycles. The molecule has 0 unspecified atom stereocenters. The highest BCUT2D eigenvalue weighted by molar-refractivity contribution is 5.56. The van der Waals surface area contributed by atoms with E-state index in [9.17, 15) is 0 Å². The third kappa shape index (κ3) is 0.593. The molecule has 0 aromatic heterocycles. The summed E-state index contributed by atoms with van der Waals surface area (Å²) in [5.74, 6) is 5.17. The van der Waals surface area contributed by atoms with Gasteiger partial charge in [-0.3, -0.25) is 0 Å². The molecule has 6 atom stereocenters. The van der Waals surface area contributed by atoms with Crippen LogP contribution in [0.1, 0.15) is 28.5 Å². The Labute approximate surface area is 94.4 Å². The van der Waals surface area contributed by atoms with Crippen LogP contribution in [0.4, 0.5) is 0 Å². The second kappa shape index (κ2) is 2.11. The van der Waals surface area contributed by atoms with Gasteiger partial charge in [-0.1, -0.05) is 18.2 Å². The van der Waals surface area contributed by atoms with E-state index in [1.165, 1.54) is 5.56 Å². The fourth-order valence-electron chi connectivity index (χ4n) is 4.75. The van der Waals surface area contributed by atoms with Gasteiger partial charge in [-0.05, 0) is 58.8 Å². The predicted octanol–water partition coefficient (Wildman–Crippen LogP) is 2.80. The van der Waals surface area contributed by atoms with Crippen LogP contribution in [0.5, 0.6) is 0 Å². The van der Waals surface area contributed by atoms with E-state index in [0.29, 0.717) is 0 Å². The highest BCUT2D eigenvalue weighted by Crippen LogP contribution is 2.80. The summed E-state index contributed by atoms with van der Waals surface area (Å²) in [6.45, 7) is 0. The van der Waals surface area contributed by atoms with Crippen molar-refractivity contribution in [1.82, 2.24) is 0 Å². The number of nitriles is 1. The van der Waals surface area contributed by atoms with E-state index in [1.54, 1.807) is 5.56 Å². The Bertz CT molecular complexity index is 592. The minimum Gasteiger partial charge on any atom is -0.192 e. The summed E-state index contributed by atoms with van der Waals surface area (Å²) < 4.78 is 0. The van der Waals surface area contributed by atoms with E-state index in [2.05, 4.69) is 30.4 Å². The van der Waals surface area contributed by atoms with E-state index < -0.39 is 0 Å². The highest BCUT2D eigenvalue weighted by atomic mass is 14.7. The van der Waals surface area contributed by atoms with Crippen molar-refractivity contribution in [2.24, 2.45) is 23.7 Å². The van der Waals surface area contributed by atoms with E-state index in [-0.39, 0.29) is 0 Å². The van der Waals surface area contributed by atoms with Gasteiger partial charge in [-0.25, -0.2) is 0 Å². The standard InChI is InChI=1S/C15H11N/c16-6-7-1-2-10-11(5-7)12-8-3-4-9(8)13-14(10)15(12)13/h1-5,8-9,12-15H/t8-,9-,12+,13+,14+,15-/m0/s1. The number of hydrogen-bond donors (Lipinski definition) is 0. The molecule has 76 valence electrons. The van der Waals surface area contributed by atoms with Crippen LogP contribution in [0.25, 0.3) is 0 Å². The molecule has 0 saturated heterocycles. The average molecular weight is 205 g/mol. The van der Waals surface area contributed by atoms with Crippen LogP contribution in [0.15, 0.2) is 30.4 Å². The summed E-state index contributed by atoms with van der Waals surface area (Å²) in [4.78, 5) is 0. The Morgan fingerprint density at radius 3 is 2.56 bits per heavy atom. The first kappa shape index (κ1) is 7.68. The molecule has 1 aromatic carbocycles. The van der Waals surface area contributed by atoms with Crippen LogP contribution in [0, 0.1) is 35.0 Å². The lowest BCUT2D eigenvalue weighted by Crippen LogP contribution is -2.20. The van der Waals surface area contributed by atoms with Gasteiger partial charge in [0.15, 0.2) is 0 Å². The van der Waals surface area contributed by atoms with E-state index in [0.717, 1.165) is 41.1 Å². The monoisotopic (exact) mass is 205 g/mol.